The maximum atomic E-state index is 11.5. The standard InChI is InChI=1S/C8H15N3O3S/c9-8(13)14-3-1-11-7(12)6-5-15-4-2-10-6/h6,10H,1-5H2,(H2,9,13)(H,11,12). The van der Waals surface area contributed by atoms with Crippen LogP contribution in [0.3, 0.4) is 0 Å². The summed E-state index contributed by atoms with van der Waals surface area (Å²) >= 11 is 1.75. The van der Waals surface area contributed by atoms with E-state index in [4.69, 9.17) is 5.73 Å². The number of amides is 2. The van der Waals surface area contributed by atoms with Crippen LogP contribution in [0.2, 0.25) is 0 Å². The summed E-state index contributed by atoms with van der Waals surface area (Å²) in [5.74, 6) is 1.76. The van der Waals surface area contributed by atoms with E-state index in [2.05, 4.69) is 15.4 Å². The lowest BCUT2D eigenvalue weighted by molar-refractivity contribution is -0.122. The van der Waals surface area contributed by atoms with Crippen LogP contribution in [0.4, 0.5) is 4.79 Å². The molecule has 0 spiro atoms. The predicted molar refractivity (Wildman–Crippen MR) is 57.7 cm³/mol. The van der Waals surface area contributed by atoms with Gasteiger partial charge in [0, 0.05) is 18.1 Å². The van der Waals surface area contributed by atoms with E-state index in [0.717, 1.165) is 18.1 Å². The minimum absolute atomic E-state index is 0.0599. The molecular formula is C8H15N3O3S. The molecule has 1 aliphatic heterocycles. The van der Waals surface area contributed by atoms with Gasteiger partial charge in [0.25, 0.3) is 0 Å². The van der Waals surface area contributed by atoms with Crippen LogP contribution in [0.25, 0.3) is 0 Å². The van der Waals surface area contributed by atoms with Crippen LogP contribution in [-0.2, 0) is 9.53 Å². The van der Waals surface area contributed by atoms with Crippen molar-refractivity contribution in [2.75, 3.05) is 31.2 Å². The first-order valence-electron chi connectivity index (χ1n) is 4.71. The molecule has 1 atom stereocenters. The normalized spacial score (nSPS) is 20.7. The molecule has 0 aromatic rings. The van der Waals surface area contributed by atoms with Crippen molar-refractivity contribution < 1.29 is 14.3 Å². The lowest BCUT2D eigenvalue weighted by Gasteiger charge is -2.22. The van der Waals surface area contributed by atoms with Gasteiger partial charge in [0.2, 0.25) is 5.91 Å². The van der Waals surface area contributed by atoms with Gasteiger partial charge in [-0.3, -0.25) is 4.79 Å². The van der Waals surface area contributed by atoms with Gasteiger partial charge in [-0.25, -0.2) is 4.79 Å². The maximum absolute atomic E-state index is 11.5. The minimum Gasteiger partial charge on any atom is -0.448 e. The lowest BCUT2D eigenvalue weighted by Crippen LogP contribution is -2.49. The summed E-state index contributed by atoms with van der Waals surface area (Å²) in [5, 5.41) is 5.76. The molecule has 86 valence electrons. The number of nitrogens with one attached hydrogen (secondary N) is 2. The molecule has 1 saturated heterocycles. The highest BCUT2D eigenvalue weighted by Gasteiger charge is 2.20. The van der Waals surface area contributed by atoms with E-state index in [1.54, 1.807) is 11.8 Å². The van der Waals surface area contributed by atoms with Crippen LogP contribution in [0.1, 0.15) is 0 Å². The van der Waals surface area contributed by atoms with E-state index < -0.39 is 6.09 Å². The van der Waals surface area contributed by atoms with Gasteiger partial charge in [-0.1, -0.05) is 0 Å². The van der Waals surface area contributed by atoms with Crippen molar-refractivity contribution in [3.8, 4) is 0 Å². The third-order valence-electron chi connectivity index (χ3n) is 1.88. The van der Waals surface area contributed by atoms with Gasteiger partial charge in [0.1, 0.15) is 6.61 Å². The molecule has 0 aromatic carbocycles. The number of thioether (sulfide) groups is 1. The van der Waals surface area contributed by atoms with Gasteiger partial charge in [-0.05, 0) is 0 Å². The maximum Gasteiger partial charge on any atom is 0.404 e. The average Bonchev–Trinajstić information content (AvgIpc) is 2.25. The Bertz CT molecular complexity index is 231. The Morgan fingerprint density at radius 3 is 3.00 bits per heavy atom. The second-order valence-electron chi connectivity index (χ2n) is 3.04. The first-order valence-corrected chi connectivity index (χ1v) is 5.86. The largest absolute Gasteiger partial charge is 0.448 e. The molecule has 7 heteroatoms. The molecule has 1 unspecified atom stereocenters. The van der Waals surface area contributed by atoms with E-state index in [9.17, 15) is 9.59 Å². The van der Waals surface area contributed by atoms with Crippen LogP contribution < -0.4 is 16.4 Å². The number of carbonyl (C=O) groups is 2. The first-order chi connectivity index (χ1) is 7.20. The Balaban J connectivity index is 2.09. The lowest BCUT2D eigenvalue weighted by atomic mass is 10.3. The van der Waals surface area contributed by atoms with Crippen molar-refractivity contribution in [3.63, 3.8) is 0 Å². The third-order valence-corrected chi connectivity index (χ3v) is 2.95. The number of primary amides is 1. The van der Waals surface area contributed by atoms with Crippen molar-refractivity contribution in [1.29, 1.82) is 0 Å². The summed E-state index contributed by atoms with van der Waals surface area (Å²) < 4.78 is 4.48. The SMILES string of the molecule is NC(=O)OCCNC(=O)C1CSCCN1. The Morgan fingerprint density at radius 1 is 1.60 bits per heavy atom. The zero-order valence-electron chi connectivity index (χ0n) is 8.32. The van der Waals surface area contributed by atoms with Crippen molar-refractivity contribution in [2.45, 2.75) is 6.04 Å². The molecule has 1 aliphatic rings. The van der Waals surface area contributed by atoms with E-state index >= 15 is 0 Å². The fourth-order valence-electron chi connectivity index (χ4n) is 1.18. The second kappa shape index (κ2) is 6.52. The third kappa shape index (κ3) is 4.89. The average molecular weight is 233 g/mol. The minimum atomic E-state index is -0.824. The molecule has 0 aromatic heterocycles. The fourth-order valence-corrected chi connectivity index (χ4v) is 2.12. The van der Waals surface area contributed by atoms with Crippen molar-refractivity contribution in [1.82, 2.24) is 10.6 Å². The summed E-state index contributed by atoms with van der Waals surface area (Å²) in [6.07, 6.45) is -0.824. The number of rotatable bonds is 4. The van der Waals surface area contributed by atoms with E-state index in [1.165, 1.54) is 0 Å². The molecule has 2 amide bonds. The molecule has 0 aliphatic carbocycles. The highest BCUT2D eigenvalue weighted by molar-refractivity contribution is 7.99. The van der Waals surface area contributed by atoms with Gasteiger partial charge in [0.15, 0.2) is 0 Å². The summed E-state index contributed by atoms with van der Waals surface area (Å²) in [7, 11) is 0. The fraction of sp³-hybridized carbons (Fsp3) is 0.750. The molecular weight excluding hydrogens is 218 g/mol. The molecule has 6 nitrogen and oxygen atoms in total. The summed E-state index contributed by atoms with van der Waals surface area (Å²) in [4.78, 5) is 21.7. The van der Waals surface area contributed by atoms with E-state index in [1.807, 2.05) is 0 Å². The van der Waals surface area contributed by atoms with Gasteiger partial charge < -0.3 is 21.1 Å². The molecule has 0 radical (unpaired) electrons. The first kappa shape index (κ1) is 12.1. The summed E-state index contributed by atoms with van der Waals surface area (Å²) in [6.45, 7) is 1.26. The van der Waals surface area contributed by atoms with Gasteiger partial charge >= 0.3 is 6.09 Å². The van der Waals surface area contributed by atoms with Gasteiger partial charge in [-0.15, -0.1) is 0 Å². The number of carbonyl (C=O) groups excluding carboxylic acids is 2. The Labute approximate surface area is 92.3 Å². The Kier molecular flexibility index (Phi) is 5.27. The topological polar surface area (TPSA) is 93.5 Å². The number of hydrogen-bond donors (Lipinski definition) is 3. The summed E-state index contributed by atoms with van der Waals surface area (Å²) in [6, 6.07) is -0.141. The molecule has 0 bridgehead atoms. The van der Waals surface area contributed by atoms with Crippen LogP contribution in [0, 0.1) is 0 Å². The van der Waals surface area contributed by atoms with Crippen LogP contribution >= 0.6 is 11.8 Å². The molecule has 15 heavy (non-hydrogen) atoms. The molecule has 1 fully saturated rings. The highest BCUT2D eigenvalue weighted by Crippen LogP contribution is 2.07. The van der Waals surface area contributed by atoms with E-state index in [0.29, 0.717) is 6.54 Å². The molecule has 1 heterocycles. The smallest absolute Gasteiger partial charge is 0.404 e. The molecule has 0 saturated carbocycles. The van der Waals surface area contributed by atoms with Crippen molar-refractivity contribution in [3.05, 3.63) is 0 Å². The van der Waals surface area contributed by atoms with Crippen molar-refractivity contribution >= 4 is 23.8 Å². The number of hydrogen-bond acceptors (Lipinski definition) is 5. The predicted octanol–water partition coefficient (Wildman–Crippen LogP) is -1.10. The number of nitrogens with two attached hydrogens (primary N) is 1. The van der Waals surface area contributed by atoms with Gasteiger partial charge in [-0.2, -0.15) is 11.8 Å². The monoisotopic (exact) mass is 233 g/mol. The highest BCUT2D eigenvalue weighted by atomic mass is 32.2. The molecule has 4 N–H and O–H groups in total. The Morgan fingerprint density at radius 2 is 2.40 bits per heavy atom. The van der Waals surface area contributed by atoms with Crippen LogP contribution in [0.15, 0.2) is 0 Å². The van der Waals surface area contributed by atoms with Crippen LogP contribution in [0.5, 0.6) is 0 Å². The number of ether oxygens (including phenoxy) is 1. The van der Waals surface area contributed by atoms with E-state index in [-0.39, 0.29) is 18.6 Å². The second-order valence-corrected chi connectivity index (χ2v) is 4.19. The quantitative estimate of drug-likeness (QED) is 0.536. The van der Waals surface area contributed by atoms with Gasteiger partial charge in [0.05, 0.1) is 12.6 Å². The summed E-state index contributed by atoms with van der Waals surface area (Å²) in [5.41, 5.74) is 4.76. The van der Waals surface area contributed by atoms with Crippen LogP contribution in [-0.4, -0.2) is 49.2 Å². The zero-order chi connectivity index (χ0) is 11.1. The van der Waals surface area contributed by atoms with Crippen molar-refractivity contribution in [2.24, 2.45) is 5.73 Å². The Hall–Kier alpha value is -0.950. The zero-order valence-corrected chi connectivity index (χ0v) is 9.14. The molecule has 1 rings (SSSR count).